The predicted molar refractivity (Wildman–Crippen MR) is 103 cm³/mol. The standard InChI is InChI=1S/C20H18O11/c21-6-13-15(26)17(28)20(30-13)31-19-16(27)14-11(25)4-8(23)5-12(14)29-18(19)9-2-1-7(22)3-10(9)24/h1-5,13,15,17,20-26,28H,6H2/t13-,15-,17+,20?/m1/s1. The van der Waals surface area contributed by atoms with Gasteiger partial charge in [-0.2, -0.15) is 0 Å². The molecule has 11 heteroatoms. The molecule has 164 valence electrons. The lowest BCUT2D eigenvalue weighted by Crippen LogP contribution is -2.36. The summed E-state index contributed by atoms with van der Waals surface area (Å²) in [5.74, 6) is -2.73. The van der Waals surface area contributed by atoms with Gasteiger partial charge in [0, 0.05) is 18.2 Å². The highest BCUT2D eigenvalue weighted by Crippen LogP contribution is 2.41. The average Bonchev–Trinajstić information content (AvgIpc) is 2.97. The molecule has 0 spiro atoms. The molecule has 1 saturated heterocycles. The molecule has 1 fully saturated rings. The van der Waals surface area contributed by atoms with Crippen LogP contribution in [0.1, 0.15) is 0 Å². The molecule has 0 aliphatic carbocycles. The van der Waals surface area contributed by atoms with E-state index in [9.17, 15) is 40.5 Å². The molecule has 0 amide bonds. The molecule has 3 aromatic rings. The van der Waals surface area contributed by atoms with Crippen LogP contribution in [0.5, 0.6) is 28.7 Å². The molecule has 11 nitrogen and oxygen atoms in total. The van der Waals surface area contributed by atoms with Crippen LogP contribution in [-0.4, -0.2) is 67.0 Å². The van der Waals surface area contributed by atoms with E-state index < -0.39 is 59.6 Å². The zero-order chi connectivity index (χ0) is 22.4. The maximum absolute atomic E-state index is 13.2. The van der Waals surface area contributed by atoms with Crippen LogP contribution in [0, 0.1) is 0 Å². The number of aliphatic hydroxyl groups is 3. The van der Waals surface area contributed by atoms with Gasteiger partial charge in [-0.3, -0.25) is 4.79 Å². The van der Waals surface area contributed by atoms with E-state index in [4.69, 9.17) is 13.9 Å². The summed E-state index contributed by atoms with van der Waals surface area (Å²) < 4.78 is 16.4. The second-order valence-corrected chi connectivity index (χ2v) is 6.95. The maximum atomic E-state index is 13.2. The number of ether oxygens (including phenoxy) is 2. The zero-order valence-electron chi connectivity index (χ0n) is 15.7. The Morgan fingerprint density at radius 1 is 0.935 bits per heavy atom. The normalized spacial score (nSPS) is 23.3. The average molecular weight is 434 g/mol. The number of aromatic hydroxyl groups is 4. The highest BCUT2D eigenvalue weighted by atomic mass is 16.7. The zero-order valence-corrected chi connectivity index (χ0v) is 15.7. The molecular weight excluding hydrogens is 416 g/mol. The molecule has 0 radical (unpaired) electrons. The lowest BCUT2D eigenvalue weighted by atomic mass is 10.1. The van der Waals surface area contributed by atoms with Crippen LogP contribution in [0.4, 0.5) is 0 Å². The summed E-state index contributed by atoms with van der Waals surface area (Å²) >= 11 is 0. The maximum Gasteiger partial charge on any atom is 0.239 e. The van der Waals surface area contributed by atoms with Gasteiger partial charge in [-0.15, -0.1) is 0 Å². The van der Waals surface area contributed by atoms with E-state index in [0.717, 1.165) is 18.2 Å². The van der Waals surface area contributed by atoms with E-state index in [1.54, 1.807) is 0 Å². The van der Waals surface area contributed by atoms with Crippen LogP contribution in [0.2, 0.25) is 0 Å². The SMILES string of the molecule is O=c1c(OC2O[C@H](CO)[C@@H](O)[C@@H]2O)c(-c2ccc(O)cc2O)oc2cc(O)cc(O)c12. The Kier molecular flexibility index (Phi) is 5.11. The molecule has 7 N–H and O–H groups in total. The molecule has 0 saturated carbocycles. The van der Waals surface area contributed by atoms with Crippen molar-refractivity contribution in [2.75, 3.05) is 6.61 Å². The number of aliphatic hydroxyl groups excluding tert-OH is 3. The smallest absolute Gasteiger partial charge is 0.239 e. The molecule has 1 aromatic heterocycles. The minimum absolute atomic E-state index is 0.0959. The first-order valence-electron chi connectivity index (χ1n) is 9.05. The van der Waals surface area contributed by atoms with Gasteiger partial charge in [-0.25, -0.2) is 0 Å². The first-order valence-corrected chi connectivity index (χ1v) is 9.05. The molecule has 1 unspecified atom stereocenters. The Bertz CT molecular complexity index is 1200. The lowest BCUT2D eigenvalue weighted by molar-refractivity contribution is -0.117. The summed E-state index contributed by atoms with van der Waals surface area (Å²) in [4.78, 5) is 13.2. The highest BCUT2D eigenvalue weighted by Gasteiger charge is 2.44. The van der Waals surface area contributed by atoms with Crippen LogP contribution in [0.3, 0.4) is 0 Å². The summed E-state index contributed by atoms with van der Waals surface area (Å²) in [5, 5.41) is 68.6. The fraction of sp³-hybridized carbons (Fsp3) is 0.250. The monoisotopic (exact) mass is 434 g/mol. The first kappa shape index (κ1) is 20.8. The van der Waals surface area contributed by atoms with Gasteiger partial charge < -0.3 is 49.6 Å². The minimum atomic E-state index is -1.64. The molecule has 0 bridgehead atoms. The van der Waals surface area contributed by atoms with E-state index in [2.05, 4.69) is 0 Å². The molecule has 1 aliphatic heterocycles. The van der Waals surface area contributed by atoms with Crippen molar-refractivity contribution in [3.63, 3.8) is 0 Å². The number of phenolic OH excluding ortho intramolecular Hbond substituents is 4. The van der Waals surface area contributed by atoms with Gasteiger partial charge in [0.15, 0.2) is 5.76 Å². The van der Waals surface area contributed by atoms with Crippen molar-refractivity contribution < 1.29 is 49.6 Å². The van der Waals surface area contributed by atoms with Crippen LogP contribution in [-0.2, 0) is 4.74 Å². The Hall–Kier alpha value is -3.51. The Morgan fingerprint density at radius 3 is 2.29 bits per heavy atom. The summed E-state index contributed by atoms with van der Waals surface area (Å²) in [6.45, 7) is -0.629. The van der Waals surface area contributed by atoms with E-state index in [0.29, 0.717) is 0 Å². The fourth-order valence-electron chi connectivity index (χ4n) is 3.34. The predicted octanol–water partition coefficient (Wildman–Crippen LogP) is 0.100. The third-order valence-corrected chi connectivity index (χ3v) is 4.88. The van der Waals surface area contributed by atoms with Crippen molar-refractivity contribution in [1.82, 2.24) is 0 Å². The Labute approximate surface area is 173 Å². The minimum Gasteiger partial charge on any atom is -0.508 e. The number of fused-ring (bicyclic) bond motifs is 1. The van der Waals surface area contributed by atoms with Gasteiger partial charge in [0.05, 0.1) is 12.2 Å². The quantitative estimate of drug-likeness (QED) is 0.295. The summed E-state index contributed by atoms with van der Waals surface area (Å²) in [6, 6.07) is 5.38. The van der Waals surface area contributed by atoms with E-state index in [1.165, 1.54) is 12.1 Å². The Morgan fingerprint density at radius 2 is 1.65 bits per heavy atom. The van der Waals surface area contributed by atoms with Gasteiger partial charge in [-0.1, -0.05) is 0 Å². The van der Waals surface area contributed by atoms with Crippen molar-refractivity contribution in [3.05, 3.63) is 40.6 Å². The van der Waals surface area contributed by atoms with Crippen LogP contribution < -0.4 is 10.2 Å². The second-order valence-electron chi connectivity index (χ2n) is 6.95. The van der Waals surface area contributed by atoms with Crippen LogP contribution >= 0.6 is 0 Å². The summed E-state index contributed by atoms with van der Waals surface area (Å²) in [7, 11) is 0. The Balaban J connectivity index is 1.94. The number of hydrogen-bond acceptors (Lipinski definition) is 11. The lowest BCUT2D eigenvalue weighted by Gasteiger charge is -2.19. The van der Waals surface area contributed by atoms with Gasteiger partial charge in [-0.05, 0) is 12.1 Å². The first-order chi connectivity index (χ1) is 14.7. The number of rotatable bonds is 4. The number of phenols is 4. The van der Waals surface area contributed by atoms with Crippen molar-refractivity contribution in [3.8, 4) is 40.1 Å². The summed E-state index contributed by atoms with van der Waals surface area (Å²) in [6.07, 6.45) is -5.91. The molecule has 4 rings (SSSR count). The molecule has 31 heavy (non-hydrogen) atoms. The molecule has 2 heterocycles. The topological polar surface area (TPSA) is 190 Å². The number of hydrogen-bond donors (Lipinski definition) is 7. The van der Waals surface area contributed by atoms with E-state index in [-0.39, 0.29) is 28.0 Å². The largest absolute Gasteiger partial charge is 0.508 e. The molecule has 2 aromatic carbocycles. The van der Waals surface area contributed by atoms with E-state index in [1.807, 2.05) is 0 Å². The van der Waals surface area contributed by atoms with Gasteiger partial charge in [0.1, 0.15) is 52.3 Å². The van der Waals surface area contributed by atoms with Crippen molar-refractivity contribution in [1.29, 1.82) is 0 Å². The van der Waals surface area contributed by atoms with Gasteiger partial charge >= 0.3 is 0 Å². The van der Waals surface area contributed by atoms with Crippen molar-refractivity contribution in [2.45, 2.75) is 24.6 Å². The number of benzene rings is 2. The fourth-order valence-corrected chi connectivity index (χ4v) is 3.34. The highest BCUT2D eigenvalue weighted by molar-refractivity contribution is 5.88. The molecule has 4 atom stereocenters. The molecule has 1 aliphatic rings. The van der Waals surface area contributed by atoms with Gasteiger partial charge in [0.2, 0.25) is 17.5 Å². The van der Waals surface area contributed by atoms with Gasteiger partial charge in [0.25, 0.3) is 0 Å². The van der Waals surface area contributed by atoms with E-state index >= 15 is 0 Å². The van der Waals surface area contributed by atoms with Crippen molar-refractivity contribution >= 4 is 11.0 Å². The molecular formula is C20H18O11. The van der Waals surface area contributed by atoms with Crippen LogP contribution in [0.15, 0.2) is 39.5 Å². The third kappa shape index (κ3) is 3.49. The van der Waals surface area contributed by atoms with Crippen molar-refractivity contribution in [2.24, 2.45) is 0 Å². The third-order valence-electron chi connectivity index (χ3n) is 4.88. The second kappa shape index (κ2) is 7.63. The van der Waals surface area contributed by atoms with Crippen LogP contribution in [0.25, 0.3) is 22.3 Å². The summed E-state index contributed by atoms with van der Waals surface area (Å²) in [5.41, 5.74) is -1.26.